The molecule has 0 bridgehead atoms. The minimum Gasteiger partial charge on any atom is -0.374 e. The molecule has 170 valence electrons. The Kier molecular flexibility index (Phi) is 5.99. The Morgan fingerprint density at radius 2 is 1.97 bits per heavy atom. The van der Waals surface area contributed by atoms with Crippen LogP contribution in [0.3, 0.4) is 0 Å². The number of hydrogen-bond acceptors (Lipinski definition) is 6. The number of hydrazine groups is 1. The van der Waals surface area contributed by atoms with Gasteiger partial charge >= 0.3 is 6.18 Å². The number of fused-ring (bicyclic) bond motifs is 2. The van der Waals surface area contributed by atoms with Crippen molar-refractivity contribution in [1.82, 2.24) is 15.8 Å². The van der Waals surface area contributed by atoms with Gasteiger partial charge in [-0.25, -0.2) is 4.98 Å². The normalized spacial score (nSPS) is 18.1. The molecule has 1 aliphatic rings. The number of halogens is 3. The fourth-order valence-corrected chi connectivity index (χ4v) is 5.81. The Morgan fingerprint density at radius 1 is 1.22 bits per heavy atom. The first kappa shape index (κ1) is 22.7. The van der Waals surface area contributed by atoms with Crippen LogP contribution in [-0.4, -0.2) is 28.1 Å². The van der Waals surface area contributed by atoms with Crippen molar-refractivity contribution in [3.63, 3.8) is 0 Å². The first-order valence-corrected chi connectivity index (χ1v) is 11.6. The molecule has 2 atom stereocenters. The van der Waals surface area contributed by atoms with E-state index in [-0.39, 0.29) is 0 Å². The van der Waals surface area contributed by atoms with Crippen LogP contribution < -0.4 is 10.9 Å². The van der Waals surface area contributed by atoms with Crippen LogP contribution in [0.1, 0.15) is 44.9 Å². The zero-order valence-corrected chi connectivity index (χ0v) is 18.6. The van der Waals surface area contributed by atoms with Crippen LogP contribution in [0.25, 0.3) is 10.2 Å². The summed E-state index contributed by atoms with van der Waals surface area (Å²) in [6.45, 7) is 2.13. The number of hydrogen-bond donors (Lipinski definition) is 3. The largest absolute Gasteiger partial charge is 0.424 e. The molecular weight excluding hydrogens is 463 g/mol. The number of carbonyl (C=O) groups excluding carboxylic acids is 2. The Hall–Kier alpha value is -2.50. The Labute approximate surface area is 189 Å². The fraction of sp³-hybridized carbons (Fsp3) is 0.381. The quantitative estimate of drug-likeness (QED) is 0.488. The molecule has 3 aromatic rings. The number of alkyl halides is 3. The molecule has 2 amide bonds. The van der Waals surface area contributed by atoms with Crippen molar-refractivity contribution < 1.29 is 27.9 Å². The second kappa shape index (κ2) is 8.45. The van der Waals surface area contributed by atoms with Gasteiger partial charge in [0.15, 0.2) is 0 Å². The van der Waals surface area contributed by atoms with Gasteiger partial charge in [-0.2, -0.15) is 13.2 Å². The maximum Gasteiger partial charge on any atom is 0.424 e. The second-order valence-electron chi connectivity index (χ2n) is 7.93. The van der Waals surface area contributed by atoms with Crippen LogP contribution in [0, 0.1) is 5.92 Å². The Balaban J connectivity index is 1.45. The number of thiophene rings is 1. The van der Waals surface area contributed by atoms with Gasteiger partial charge in [0.1, 0.15) is 5.01 Å². The summed E-state index contributed by atoms with van der Waals surface area (Å²) in [6.07, 6.45) is -3.71. The van der Waals surface area contributed by atoms with Crippen molar-refractivity contribution >= 4 is 44.7 Å². The van der Waals surface area contributed by atoms with Gasteiger partial charge in [-0.1, -0.05) is 19.1 Å². The molecule has 0 unspecified atom stereocenters. The van der Waals surface area contributed by atoms with E-state index >= 15 is 0 Å². The lowest BCUT2D eigenvalue weighted by atomic mass is 9.90. The number of aliphatic hydroxyl groups is 1. The summed E-state index contributed by atoms with van der Waals surface area (Å²) in [7, 11) is 0. The SMILES string of the molecule is C[C@@H]1CCc2sc(C(=O)NNC(=O)C[C@@](O)(c3nc4ccccc4s3)C(F)(F)F)cc2C1. The van der Waals surface area contributed by atoms with E-state index in [9.17, 15) is 27.9 Å². The monoisotopic (exact) mass is 483 g/mol. The summed E-state index contributed by atoms with van der Waals surface area (Å²) in [5.41, 5.74) is 2.03. The average Bonchev–Trinajstić information content (AvgIpc) is 3.35. The van der Waals surface area contributed by atoms with Crippen molar-refractivity contribution in [2.75, 3.05) is 0 Å². The summed E-state index contributed by atoms with van der Waals surface area (Å²) >= 11 is 1.98. The smallest absolute Gasteiger partial charge is 0.374 e. The molecule has 0 spiro atoms. The van der Waals surface area contributed by atoms with Crippen molar-refractivity contribution in [3.05, 3.63) is 50.7 Å². The highest BCUT2D eigenvalue weighted by Crippen LogP contribution is 2.44. The molecule has 32 heavy (non-hydrogen) atoms. The predicted octanol–water partition coefficient (Wildman–Crippen LogP) is 4.08. The van der Waals surface area contributed by atoms with E-state index in [0.29, 0.717) is 32.3 Å². The molecule has 0 saturated heterocycles. The second-order valence-corrected chi connectivity index (χ2v) is 10.1. The number of para-hydroxylation sites is 1. The third-order valence-electron chi connectivity index (χ3n) is 5.40. The van der Waals surface area contributed by atoms with Crippen LogP contribution in [0.2, 0.25) is 0 Å². The molecule has 0 fully saturated rings. The maximum atomic E-state index is 13.8. The van der Waals surface area contributed by atoms with Crippen LogP contribution in [0.5, 0.6) is 0 Å². The topological polar surface area (TPSA) is 91.3 Å². The molecule has 0 saturated carbocycles. The molecule has 2 heterocycles. The molecule has 0 aliphatic heterocycles. The number of rotatable bonds is 4. The molecule has 2 aromatic heterocycles. The molecule has 1 aromatic carbocycles. The number of nitrogens with one attached hydrogen (secondary N) is 2. The summed E-state index contributed by atoms with van der Waals surface area (Å²) in [4.78, 5) is 30.0. The standard InChI is InChI=1S/C21H20F3N3O3S2/c1-11-6-7-14-12(8-11)9-16(31-14)18(29)27-26-17(28)10-20(30,21(22,23)24)19-25-13-4-2-3-5-15(13)32-19/h2-5,9,11,30H,6-8,10H2,1H3,(H,26,28)(H,27,29)/t11-,20-/m1/s1. The summed E-state index contributed by atoms with van der Waals surface area (Å²) in [5.74, 6) is -1.27. The van der Waals surface area contributed by atoms with Crippen molar-refractivity contribution in [3.8, 4) is 0 Å². The Bertz CT molecular complexity index is 1140. The minimum atomic E-state index is -5.15. The number of thiazole rings is 1. The van der Waals surface area contributed by atoms with E-state index in [2.05, 4.69) is 17.3 Å². The lowest BCUT2D eigenvalue weighted by molar-refractivity contribution is -0.267. The molecular formula is C21H20F3N3O3S2. The highest BCUT2D eigenvalue weighted by atomic mass is 32.1. The van der Waals surface area contributed by atoms with Gasteiger partial charge in [-0.15, -0.1) is 22.7 Å². The van der Waals surface area contributed by atoms with Crippen LogP contribution >= 0.6 is 22.7 Å². The third-order valence-corrected chi connectivity index (χ3v) is 7.82. The highest BCUT2D eigenvalue weighted by molar-refractivity contribution is 7.18. The summed E-state index contributed by atoms with van der Waals surface area (Å²) in [5, 5.41) is 9.83. The van der Waals surface area contributed by atoms with Gasteiger partial charge < -0.3 is 5.11 Å². The molecule has 0 radical (unpaired) electrons. The maximum absolute atomic E-state index is 13.8. The van der Waals surface area contributed by atoms with E-state index in [1.807, 2.05) is 5.43 Å². The summed E-state index contributed by atoms with van der Waals surface area (Å²) < 4.78 is 41.7. The fourth-order valence-electron chi connectivity index (χ4n) is 3.63. The third kappa shape index (κ3) is 4.37. The van der Waals surface area contributed by atoms with Crippen molar-refractivity contribution in [1.29, 1.82) is 0 Å². The first-order valence-electron chi connectivity index (χ1n) is 9.93. The van der Waals surface area contributed by atoms with Gasteiger partial charge in [-0.3, -0.25) is 20.4 Å². The lowest BCUT2D eigenvalue weighted by Gasteiger charge is -2.27. The van der Waals surface area contributed by atoms with E-state index < -0.39 is 35.0 Å². The number of aromatic nitrogens is 1. The number of benzene rings is 1. The zero-order valence-electron chi connectivity index (χ0n) is 17.0. The average molecular weight is 484 g/mol. The molecule has 4 rings (SSSR count). The van der Waals surface area contributed by atoms with Crippen molar-refractivity contribution in [2.24, 2.45) is 5.92 Å². The number of carbonyl (C=O) groups is 2. The van der Waals surface area contributed by atoms with Crippen molar-refractivity contribution in [2.45, 2.75) is 44.4 Å². The van der Waals surface area contributed by atoms with E-state index in [4.69, 9.17) is 0 Å². The van der Waals surface area contributed by atoms with Gasteiger partial charge in [-0.05, 0) is 48.9 Å². The highest BCUT2D eigenvalue weighted by Gasteiger charge is 2.58. The first-order chi connectivity index (χ1) is 15.1. The summed E-state index contributed by atoms with van der Waals surface area (Å²) in [6, 6.07) is 8.11. The van der Waals surface area contributed by atoms with Gasteiger partial charge in [0.25, 0.3) is 5.91 Å². The number of nitrogens with zero attached hydrogens (tertiary/aromatic N) is 1. The Morgan fingerprint density at radius 3 is 2.69 bits per heavy atom. The van der Waals surface area contributed by atoms with Gasteiger partial charge in [0.2, 0.25) is 11.5 Å². The van der Waals surface area contributed by atoms with Crippen LogP contribution in [-0.2, 0) is 23.2 Å². The van der Waals surface area contributed by atoms with E-state index in [1.165, 1.54) is 17.4 Å². The van der Waals surface area contributed by atoms with E-state index in [1.54, 1.807) is 24.3 Å². The van der Waals surface area contributed by atoms with Crippen LogP contribution in [0.4, 0.5) is 13.2 Å². The number of aryl methyl sites for hydroxylation is 1. The van der Waals surface area contributed by atoms with Gasteiger partial charge in [0.05, 0.1) is 21.5 Å². The number of amides is 2. The molecule has 11 heteroatoms. The minimum absolute atomic E-state index is 0.292. The molecule has 6 nitrogen and oxygen atoms in total. The van der Waals surface area contributed by atoms with Gasteiger partial charge in [0, 0.05) is 4.88 Å². The molecule has 1 aliphatic carbocycles. The molecule has 3 N–H and O–H groups in total. The lowest BCUT2D eigenvalue weighted by Crippen LogP contribution is -2.49. The van der Waals surface area contributed by atoms with Crippen LogP contribution in [0.15, 0.2) is 30.3 Å². The zero-order chi connectivity index (χ0) is 23.1. The van der Waals surface area contributed by atoms with E-state index in [0.717, 1.165) is 29.7 Å². The predicted molar refractivity (Wildman–Crippen MR) is 115 cm³/mol.